The topological polar surface area (TPSA) is 12.0 Å². The van der Waals surface area contributed by atoms with Crippen molar-refractivity contribution in [1.29, 1.82) is 0 Å². The molecule has 1 nitrogen and oxygen atoms in total. The van der Waals surface area contributed by atoms with E-state index in [2.05, 4.69) is 38.2 Å². The molecule has 1 saturated heterocycles. The van der Waals surface area contributed by atoms with Gasteiger partial charge in [-0.3, -0.25) is 0 Å². The van der Waals surface area contributed by atoms with Gasteiger partial charge in [-0.15, -0.1) is 0 Å². The summed E-state index contributed by atoms with van der Waals surface area (Å²) in [7, 11) is 0. The van der Waals surface area contributed by atoms with Gasteiger partial charge in [-0.25, -0.2) is 0 Å². The number of benzene rings is 1. The van der Waals surface area contributed by atoms with Crippen LogP contribution in [-0.2, 0) is 0 Å². The van der Waals surface area contributed by atoms with E-state index < -0.39 is 0 Å². The smallest absolute Gasteiger partial charge is 0.0441 e. The van der Waals surface area contributed by atoms with Crippen LogP contribution in [0, 0.1) is 11.3 Å². The maximum atomic E-state index is 6.39. The normalized spacial score (nSPS) is 28.6. The Labute approximate surface area is 116 Å². The van der Waals surface area contributed by atoms with Crippen LogP contribution in [0.5, 0.6) is 0 Å². The number of piperidine rings is 1. The Bertz CT molecular complexity index is 402. The lowest BCUT2D eigenvalue weighted by molar-refractivity contribution is 0.151. The minimum absolute atomic E-state index is 0.365. The van der Waals surface area contributed by atoms with Gasteiger partial charge in [0.2, 0.25) is 0 Å². The van der Waals surface area contributed by atoms with E-state index in [1.54, 1.807) is 0 Å². The Morgan fingerprint density at radius 2 is 2.11 bits per heavy atom. The molecule has 2 heteroatoms. The lowest BCUT2D eigenvalue weighted by atomic mass is 9.65. The summed E-state index contributed by atoms with van der Waals surface area (Å²) in [6.45, 7) is 9.24. The van der Waals surface area contributed by atoms with E-state index in [1.807, 2.05) is 12.1 Å². The van der Waals surface area contributed by atoms with E-state index >= 15 is 0 Å². The van der Waals surface area contributed by atoms with Crippen LogP contribution in [0.4, 0.5) is 0 Å². The molecule has 0 aliphatic carbocycles. The number of hydrogen-bond donors (Lipinski definition) is 1. The van der Waals surface area contributed by atoms with Gasteiger partial charge in [-0.1, -0.05) is 50.6 Å². The van der Waals surface area contributed by atoms with Gasteiger partial charge >= 0.3 is 0 Å². The molecule has 1 heterocycles. The summed E-state index contributed by atoms with van der Waals surface area (Å²) in [6.07, 6.45) is 2.51. The first-order chi connectivity index (χ1) is 8.53. The molecule has 1 aromatic carbocycles. The Hall–Kier alpha value is -0.530. The number of rotatable bonds is 3. The van der Waals surface area contributed by atoms with Crippen molar-refractivity contribution in [2.45, 2.75) is 39.5 Å². The SMILES string of the molecule is CC(C)CC1(C)CCNCC1c1ccccc1Cl. The highest BCUT2D eigenvalue weighted by Crippen LogP contribution is 2.46. The fourth-order valence-corrected chi connectivity index (χ4v) is 3.73. The van der Waals surface area contributed by atoms with Gasteiger partial charge in [0, 0.05) is 17.5 Å². The second-order valence-electron chi connectivity index (χ2n) is 6.28. The molecule has 1 aliphatic rings. The van der Waals surface area contributed by atoms with Gasteiger partial charge in [-0.2, -0.15) is 0 Å². The van der Waals surface area contributed by atoms with Crippen LogP contribution in [0.1, 0.15) is 45.1 Å². The third-order valence-corrected chi connectivity index (χ3v) is 4.56. The van der Waals surface area contributed by atoms with Crippen LogP contribution in [0.2, 0.25) is 5.02 Å². The Morgan fingerprint density at radius 1 is 1.39 bits per heavy atom. The van der Waals surface area contributed by atoms with Crippen molar-refractivity contribution in [3.05, 3.63) is 34.9 Å². The van der Waals surface area contributed by atoms with Gasteiger partial charge in [0.1, 0.15) is 0 Å². The highest BCUT2D eigenvalue weighted by molar-refractivity contribution is 6.31. The molecule has 2 atom stereocenters. The Balaban J connectivity index is 2.31. The fourth-order valence-electron chi connectivity index (χ4n) is 3.46. The van der Waals surface area contributed by atoms with E-state index in [-0.39, 0.29) is 0 Å². The van der Waals surface area contributed by atoms with Crippen LogP contribution < -0.4 is 5.32 Å². The predicted octanol–water partition coefficient (Wildman–Crippen LogP) is 4.47. The summed E-state index contributed by atoms with van der Waals surface area (Å²) in [4.78, 5) is 0. The minimum Gasteiger partial charge on any atom is -0.316 e. The van der Waals surface area contributed by atoms with Crippen molar-refractivity contribution >= 4 is 11.6 Å². The molecule has 1 fully saturated rings. The first-order valence-corrected chi connectivity index (χ1v) is 7.36. The van der Waals surface area contributed by atoms with Crippen LogP contribution in [0.15, 0.2) is 24.3 Å². The van der Waals surface area contributed by atoms with Crippen LogP contribution >= 0.6 is 11.6 Å². The average Bonchev–Trinajstić information content (AvgIpc) is 2.29. The summed E-state index contributed by atoms with van der Waals surface area (Å²) in [6, 6.07) is 8.33. The van der Waals surface area contributed by atoms with Crippen molar-refractivity contribution in [3.63, 3.8) is 0 Å². The van der Waals surface area contributed by atoms with Crippen LogP contribution in [0.3, 0.4) is 0 Å². The number of halogens is 1. The molecule has 0 aromatic heterocycles. The van der Waals surface area contributed by atoms with Gasteiger partial charge in [0.25, 0.3) is 0 Å². The highest BCUT2D eigenvalue weighted by Gasteiger charge is 2.38. The third-order valence-electron chi connectivity index (χ3n) is 4.22. The van der Waals surface area contributed by atoms with Crippen molar-refractivity contribution in [3.8, 4) is 0 Å². The summed E-state index contributed by atoms with van der Waals surface area (Å²) in [5, 5.41) is 4.45. The summed E-state index contributed by atoms with van der Waals surface area (Å²) < 4.78 is 0. The largest absolute Gasteiger partial charge is 0.316 e. The first-order valence-electron chi connectivity index (χ1n) is 6.98. The molecule has 0 spiro atoms. The first kappa shape index (κ1) is 13.9. The standard InChI is InChI=1S/C16H24ClN/c1-12(2)10-16(3)8-9-18-11-14(16)13-6-4-5-7-15(13)17/h4-7,12,14,18H,8-11H2,1-3H3. The molecule has 1 aromatic rings. The number of nitrogens with one attached hydrogen (secondary N) is 1. The van der Waals surface area contributed by atoms with E-state index in [4.69, 9.17) is 11.6 Å². The van der Waals surface area contributed by atoms with Gasteiger partial charge in [-0.05, 0) is 42.3 Å². The molecule has 18 heavy (non-hydrogen) atoms. The second kappa shape index (κ2) is 5.63. The van der Waals surface area contributed by atoms with E-state index in [0.29, 0.717) is 11.3 Å². The van der Waals surface area contributed by atoms with Gasteiger partial charge in [0.15, 0.2) is 0 Å². The maximum Gasteiger partial charge on any atom is 0.0441 e. The van der Waals surface area contributed by atoms with Crippen molar-refractivity contribution in [2.24, 2.45) is 11.3 Å². The zero-order valence-electron chi connectivity index (χ0n) is 11.7. The lowest BCUT2D eigenvalue weighted by Gasteiger charge is -2.43. The van der Waals surface area contributed by atoms with Gasteiger partial charge in [0.05, 0.1) is 0 Å². The molecular formula is C16H24ClN. The van der Waals surface area contributed by atoms with E-state index in [9.17, 15) is 0 Å². The molecule has 1 aliphatic heterocycles. The fraction of sp³-hybridized carbons (Fsp3) is 0.625. The van der Waals surface area contributed by atoms with Crippen molar-refractivity contribution < 1.29 is 0 Å². The molecular weight excluding hydrogens is 242 g/mol. The highest BCUT2D eigenvalue weighted by atomic mass is 35.5. The average molecular weight is 266 g/mol. The minimum atomic E-state index is 0.365. The molecule has 0 bridgehead atoms. The second-order valence-corrected chi connectivity index (χ2v) is 6.69. The Kier molecular flexibility index (Phi) is 4.34. The molecule has 0 saturated carbocycles. The molecule has 1 N–H and O–H groups in total. The monoisotopic (exact) mass is 265 g/mol. The van der Waals surface area contributed by atoms with Crippen LogP contribution in [-0.4, -0.2) is 13.1 Å². The molecule has 0 amide bonds. The molecule has 2 unspecified atom stereocenters. The van der Waals surface area contributed by atoms with Crippen LogP contribution in [0.25, 0.3) is 0 Å². The zero-order valence-corrected chi connectivity index (χ0v) is 12.4. The third kappa shape index (κ3) is 2.89. The molecule has 2 rings (SSSR count). The quantitative estimate of drug-likeness (QED) is 0.850. The van der Waals surface area contributed by atoms with Gasteiger partial charge < -0.3 is 5.32 Å². The zero-order chi connectivity index (χ0) is 13.2. The summed E-state index contributed by atoms with van der Waals surface area (Å²) >= 11 is 6.39. The summed E-state index contributed by atoms with van der Waals surface area (Å²) in [5.74, 6) is 1.26. The molecule has 0 radical (unpaired) electrons. The van der Waals surface area contributed by atoms with E-state index in [0.717, 1.165) is 24.0 Å². The maximum absolute atomic E-state index is 6.39. The number of hydrogen-bond acceptors (Lipinski definition) is 1. The molecule has 100 valence electrons. The van der Waals surface area contributed by atoms with Crippen molar-refractivity contribution in [2.75, 3.05) is 13.1 Å². The summed E-state index contributed by atoms with van der Waals surface area (Å²) in [5.41, 5.74) is 1.68. The predicted molar refractivity (Wildman–Crippen MR) is 79.2 cm³/mol. The lowest BCUT2D eigenvalue weighted by Crippen LogP contribution is -2.42. The Morgan fingerprint density at radius 3 is 2.78 bits per heavy atom. The van der Waals surface area contributed by atoms with E-state index in [1.165, 1.54) is 18.4 Å². The van der Waals surface area contributed by atoms with Crippen molar-refractivity contribution in [1.82, 2.24) is 5.32 Å².